The first kappa shape index (κ1) is 18.3. The summed E-state index contributed by atoms with van der Waals surface area (Å²) in [6.07, 6.45) is 0. The van der Waals surface area contributed by atoms with Crippen molar-refractivity contribution in [3.8, 4) is 0 Å². The molecule has 1 heterocycles. The molecule has 0 saturated carbocycles. The number of rotatable bonds is 4. The van der Waals surface area contributed by atoms with Crippen LogP contribution in [-0.2, 0) is 6.54 Å². The molecule has 0 spiro atoms. The number of nitrogens with one attached hydrogen (secondary N) is 1. The molecule has 2 amide bonds. The van der Waals surface area contributed by atoms with E-state index in [1.165, 1.54) is 11.1 Å². The second-order valence-electron chi connectivity index (χ2n) is 7.12. The van der Waals surface area contributed by atoms with Crippen molar-refractivity contribution in [3.63, 3.8) is 0 Å². The number of benzene rings is 2. The van der Waals surface area contributed by atoms with Gasteiger partial charge in [0.2, 0.25) is 0 Å². The predicted octanol–water partition coefficient (Wildman–Crippen LogP) is 3.41. The van der Waals surface area contributed by atoms with Gasteiger partial charge < -0.3 is 15.1 Å². The van der Waals surface area contributed by atoms with Crippen LogP contribution < -0.4 is 10.2 Å². The molecule has 0 bridgehead atoms. The Bertz CT molecular complexity index is 717. The van der Waals surface area contributed by atoms with Crippen molar-refractivity contribution in [2.24, 2.45) is 0 Å². The summed E-state index contributed by atoms with van der Waals surface area (Å²) in [7, 11) is 4.01. The summed E-state index contributed by atoms with van der Waals surface area (Å²) in [5.74, 6) is 0. The van der Waals surface area contributed by atoms with Gasteiger partial charge in [-0.15, -0.1) is 0 Å². The summed E-state index contributed by atoms with van der Waals surface area (Å²) in [6.45, 7) is 6.37. The maximum Gasteiger partial charge on any atom is 0.321 e. The molecular formula is C21H28N4O. The predicted molar refractivity (Wildman–Crippen MR) is 108 cm³/mol. The van der Waals surface area contributed by atoms with Gasteiger partial charge in [0.25, 0.3) is 0 Å². The third-order valence-corrected chi connectivity index (χ3v) is 4.82. The highest BCUT2D eigenvalue weighted by molar-refractivity contribution is 5.89. The molecule has 26 heavy (non-hydrogen) atoms. The molecule has 5 nitrogen and oxygen atoms in total. The van der Waals surface area contributed by atoms with Crippen LogP contribution in [-0.4, -0.2) is 56.1 Å². The van der Waals surface area contributed by atoms with Crippen molar-refractivity contribution in [2.75, 3.05) is 50.5 Å². The van der Waals surface area contributed by atoms with E-state index in [2.05, 4.69) is 41.4 Å². The minimum absolute atomic E-state index is 0.0161. The first-order valence-corrected chi connectivity index (χ1v) is 9.12. The van der Waals surface area contributed by atoms with Crippen LogP contribution in [0.5, 0.6) is 0 Å². The Hall–Kier alpha value is -2.53. The maximum absolute atomic E-state index is 12.5. The minimum Gasteiger partial charge on any atom is -0.378 e. The van der Waals surface area contributed by atoms with Crippen LogP contribution in [0, 0.1) is 6.92 Å². The van der Waals surface area contributed by atoms with Gasteiger partial charge in [-0.05, 0) is 36.8 Å². The Balaban J connectivity index is 1.47. The van der Waals surface area contributed by atoms with Gasteiger partial charge in [0.05, 0.1) is 0 Å². The van der Waals surface area contributed by atoms with E-state index in [0.717, 1.165) is 44.1 Å². The Kier molecular flexibility index (Phi) is 5.78. The molecule has 2 aromatic carbocycles. The number of carbonyl (C=O) groups excluding carboxylic acids is 1. The van der Waals surface area contributed by atoms with Crippen LogP contribution in [0.15, 0.2) is 48.5 Å². The zero-order chi connectivity index (χ0) is 18.5. The Morgan fingerprint density at radius 3 is 2.15 bits per heavy atom. The largest absolute Gasteiger partial charge is 0.378 e. The van der Waals surface area contributed by atoms with Gasteiger partial charge in [-0.2, -0.15) is 0 Å². The fourth-order valence-electron chi connectivity index (χ4n) is 3.11. The lowest BCUT2D eigenvalue weighted by Crippen LogP contribution is -2.49. The average molecular weight is 352 g/mol. The number of anilines is 2. The first-order valence-electron chi connectivity index (χ1n) is 9.12. The Morgan fingerprint density at radius 1 is 0.962 bits per heavy atom. The van der Waals surface area contributed by atoms with E-state index in [0.29, 0.717) is 0 Å². The molecule has 0 aliphatic carbocycles. The van der Waals surface area contributed by atoms with Gasteiger partial charge >= 0.3 is 6.03 Å². The number of amides is 2. The van der Waals surface area contributed by atoms with Crippen LogP contribution in [0.1, 0.15) is 11.1 Å². The zero-order valence-corrected chi connectivity index (χ0v) is 15.9. The van der Waals surface area contributed by atoms with Crippen molar-refractivity contribution in [1.29, 1.82) is 0 Å². The van der Waals surface area contributed by atoms with Crippen molar-refractivity contribution in [1.82, 2.24) is 9.80 Å². The Labute approximate surface area is 156 Å². The van der Waals surface area contributed by atoms with Crippen molar-refractivity contribution in [3.05, 3.63) is 59.7 Å². The standard InChI is InChI=1S/C21H28N4O/c1-17-4-6-18(7-5-17)16-24-12-14-25(15-13-24)21(26)22-19-8-10-20(11-9-19)23(2)3/h4-11H,12-16H2,1-3H3,(H,22,26). The maximum atomic E-state index is 12.5. The Morgan fingerprint density at radius 2 is 1.58 bits per heavy atom. The zero-order valence-electron chi connectivity index (χ0n) is 15.9. The molecule has 0 unspecified atom stereocenters. The fraction of sp³-hybridized carbons (Fsp3) is 0.381. The van der Waals surface area contributed by atoms with Crippen LogP contribution in [0.2, 0.25) is 0 Å². The third-order valence-electron chi connectivity index (χ3n) is 4.82. The molecule has 1 aliphatic heterocycles. The number of piperazine rings is 1. The number of carbonyl (C=O) groups is 1. The van der Waals surface area contributed by atoms with Crippen LogP contribution in [0.25, 0.3) is 0 Å². The van der Waals surface area contributed by atoms with E-state index in [4.69, 9.17) is 0 Å². The van der Waals surface area contributed by atoms with Crippen LogP contribution in [0.4, 0.5) is 16.2 Å². The molecule has 3 rings (SSSR count). The number of urea groups is 1. The molecule has 138 valence electrons. The molecule has 0 radical (unpaired) electrons. The van der Waals surface area contributed by atoms with E-state index in [1.807, 2.05) is 48.2 Å². The molecule has 1 fully saturated rings. The SMILES string of the molecule is Cc1ccc(CN2CCN(C(=O)Nc3ccc(N(C)C)cc3)CC2)cc1. The molecule has 0 atom stereocenters. The smallest absolute Gasteiger partial charge is 0.321 e. The first-order chi connectivity index (χ1) is 12.5. The molecule has 0 aromatic heterocycles. The number of nitrogens with zero attached hydrogens (tertiary/aromatic N) is 3. The summed E-state index contributed by atoms with van der Waals surface area (Å²) < 4.78 is 0. The van der Waals surface area contributed by atoms with E-state index in [-0.39, 0.29) is 6.03 Å². The molecule has 1 aliphatic rings. The van der Waals surface area contributed by atoms with Gasteiger partial charge in [0.15, 0.2) is 0 Å². The van der Waals surface area contributed by atoms with Crippen molar-refractivity contribution in [2.45, 2.75) is 13.5 Å². The topological polar surface area (TPSA) is 38.8 Å². The van der Waals surface area contributed by atoms with E-state index >= 15 is 0 Å². The summed E-state index contributed by atoms with van der Waals surface area (Å²) in [4.78, 5) is 18.8. The van der Waals surface area contributed by atoms with E-state index < -0.39 is 0 Å². The van der Waals surface area contributed by atoms with Crippen molar-refractivity contribution >= 4 is 17.4 Å². The number of hydrogen-bond acceptors (Lipinski definition) is 3. The highest BCUT2D eigenvalue weighted by atomic mass is 16.2. The van der Waals surface area contributed by atoms with E-state index in [1.54, 1.807) is 0 Å². The summed E-state index contributed by atoms with van der Waals surface area (Å²) in [5.41, 5.74) is 4.57. The van der Waals surface area contributed by atoms with Crippen LogP contribution >= 0.6 is 0 Å². The molecule has 1 saturated heterocycles. The lowest BCUT2D eigenvalue weighted by Gasteiger charge is -2.34. The van der Waals surface area contributed by atoms with Gasteiger partial charge in [0.1, 0.15) is 0 Å². The third kappa shape index (κ3) is 4.76. The summed E-state index contributed by atoms with van der Waals surface area (Å²) >= 11 is 0. The summed E-state index contributed by atoms with van der Waals surface area (Å²) in [5, 5.41) is 3.00. The summed E-state index contributed by atoms with van der Waals surface area (Å²) in [6, 6.07) is 16.6. The highest BCUT2D eigenvalue weighted by Gasteiger charge is 2.21. The van der Waals surface area contributed by atoms with Crippen molar-refractivity contribution < 1.29 is 4.79 Å². The molecule has 2 aromatic rings. The van der Waals surface area contributed by atoms with Gasteiger partial charge in [-0.3, -0.25) is 4.90 Å². The van der Waals surface area contributed by atoms with Gasteiger partial charge in [-0.1, -0.05) is 29.8 Å². The molecule has 5 heteroatoms. The second-order valence-corrected chi connectivity index (χ2v) is 7.12. The highest BCUT2D eigenvalue weighted by Crippen LogP contribution is 2.17. The lowest BCUT2D eigenvalue weighted by molar-refractivity contribution is 0.143. The lowest BCUT2D eigenvalue weighted by atomic mass is 10.1. The van der Waals surface area contributed by atoms with Gasteiger partial charge in [-0.25, -0.2) is 4.79 Å². The molecular weight excluding hydrogens is 324 g/mol. The minimum atomic E-state index is -0.0161. The number of hydrogen-bond donors (Lipinski definition) is 1. The average Bonchev–Trinajstić information content (AvgIpc) is 2.64. The monoisotopic (exact) mass is 352 g/mol. The normalized spacial score (nSPS) is 15.0. The number of aryl methyl sites for hydroxylation is 1. The molecule has 1 N–H and O–H groups in total. The van der Waals surface area contributed by atoms with E-state index in [9.17, 15) is 4.79 Å². The van der Waals surface area contributed by atoms with Gasteiger partial charge in [0, 0.05) is 58.2 Å². The fourth-order valence-corrected chi connectivity index (χ4v) is 3.11. The second kappa shape index (κ2) is 8.23. The van der Waals surface area contributed by atoms with Crippen LogP contribution in [0.3, 0.4) is 0 Å². The quantitative estimate of drug-likeness (QED) is 0.916.